The van der Waals surface area contributed by atoms with E-state index >= 15 is 0 Å². The zero-order valence-electron chi connectivity index (χ0n) is 19.9. The third-order valence-electron chi connectivity index (χ3n) is 5.85. The molecular weight excluding hydrogens is 481 g/mol. The molecule has 1 saturated heterocycles. The van der Waals surface area contributed by atoms with Crippen molar-refractivity contribution in [3.63, 3.8) is 0 Å². The number of rotatable bonds is 10. The second kappa shape index (κ2) is 11.0. The van der Waals surface area contributed by atoms with Crippen molar-refractivity contribution in [2.45, 2.75) is 31.6 Å². The van der Waals surface area contributed by atoms with Crippen molar-refractivity contribution in [1.82, 2.24) is 0 Å². The average molecular weight is 507 g/mol. The van der Waals surface area contributed by atoms with Crippen molar-refractivity contribution >= 4 is 0 Å². The molecule has 7 heteroatoms. The number of hydrogen-bond acceptors (Lipinski definition) is 4. The summed E-state index contributed by atoms with van der Waals surface area (Å²) in [6.45, 7) is 1.08. The van der Waals surface area contributed by atoms with E-state index in [1.807, 2.05) is 60.7 Å². The summed E-state index contributed by atoms with van der Waals surface area (Å²) in [5.41, 5.74) is 1.65. The molecule has 190 valence electrons. The normalized spacial score (nSPS) is 15.6. The van der Waals surface area contributed by atoms with Crippen LogP contribution in [0.25, 0.3) is 0 Å². The zero-order valence-corrected chi connectivity index (χ0v) is 19.9. The summed E-state index contributed by atoms with van der Waals surface area (Å²) in [5, 5.41) is 0. The molecule has 0 N–H and O–H groups in total. The van der Waals surface area contributed by atoms with Crippen LogP contribution in [-0.2, 0) is 24.1 Å². The van der Waals surface area contributed by atoms with Gasteiger partial charge < -0.3 is 18.9 Å². The first-order chi connectivity index (χ1) is 17.9. The lowest BCUT2D eigenvalue weighted by Crippen LogP contribution is -2.16. The molecule has 4 aromatic carbocycles. The van der Waals surface area contributed by atoms with Crippen molar-refractivity contribution in [3.8, 4) is 17.2 Å². The van der Waals surface area contributed by atoms with Crippen molar-refractivity contribution < 1.29 is 32.1 Å². The summed E-state index contributed by atoms with van der Waals surface area (Å²) in [6, 6.07) is 29.8. The molecule has 0 aliphatic carbocycles. The van der Waals surface area contributed by atoms with E-state index in [0.29, 0.717) is 42.6 Å². The summed E-state index contributed by atoms with van der Waals surface area (Å²) >= 11 is 0. The fourth-order valence-electron chi connectivity index (χ4n) is 3.89. The van der Waals surface area contributed by atoms with Crippen LogP contribution in [0.1, 0.15) is 28.4 Å². The largest absolute Gasteiger partial charge is 0.489 e. The maximum atomic E-state index is 13.3. The van der Waals surface area contributed by atoms with Crippen LogP contribution in [0, 0.1) is 0 Å². The van der Waals surface area contributed by atoms with Gasteiger partial charge in [0, 0.05) is 18.2 Å². The van der Waals surface area contributed by atoms with Gasteiger partial charge in [0.05, 0.1) is 12.2 Å². The summed E-state index contributed by atoms with van der Waals surface area (Å²) in [6.07, 6.45) is -5.51. The summed E-state index contributed by atoms with van der Waals surface area (Å²) in [7, 11) is 0. The summed E-state index contributed by atoms with van der Waals surface area (Å²) in [5.74, 6) is 1.44. The minimum atomic E-state index is -4.45. The molecule has 0 saturated carbocycles. The molecule has 1 heterocycles. The molecule has 0 spiro atoms. The Morgan fingerprint density at radius 3 is 1.76 bits per heavy atom. The van der Waals surface area contributed by atoms with Gasteiger partial charge in [-0.05, 0) is 28.8 Å². The lowest BCUT2D eigenvalue weighted by Gasteiger charge is -2.20. The Kier molecular flexibility index (Phi) is 7.32. The topological polar surface area (TPSA) is 40.2 Å². The second-order valence-electron chi connectivity index (χ2n) is 8.72. The smallest absolute Gasteiger partial charge is 0.416 e. The molecule has 0 unspecified atom stereocenters. The highest BCUT2D eigenvalue weighted by Gasteiger charge is 2.38. The first-order valence-electron chi connectivity index (χ1n) is 11.9. The van der Waals surface area contributed by atoms with Gasteiger partial charge >= 0.3 is 6.18 Å². The fraction of sp³-hybridized carbons (Fsp3) is 0.200. The van der Waals surface area contributed by atoms with Gasteiger partial charge in [-0.15, -0.1) is 0 Å². The van der Waals surface area contributed by atoms with Crippen LogP contribution in [0.4, 0.5) is 13.2 Å². The van der Waals surface area contributed by atoms with Crippen LogP contribution < -0.4 is 14.2 Å². The molecule has 4 nitrogen and oxygen atoms in total. The van der Waals surface area contributed by atoms with Crippen LogP contribution in [0.15, 0.2) is 103 Å². The summed E-state index contributed by atoms with van der Waals surface area (Å²) in [4.78, 5) is 0. The molecule has 1 fully saturated rings. The monoisotopic (exact) mass is 506 g/mol. The third kappa shape index (κ3) is 6.83. The first kappa shape index (κ1) is 24.7. The van der Waals surface area contributed by atoms with E-state index in [9.17, 15) is 13.2 Å². The van der Waals surface area contributed by atoms with E-state index in [1.54, 1.807) is 24.3 Å². The Morgan fingerprint density at radius 1 is 0.703 bits per heavy atom. The quantitative estimate of drug-likeness (QED) is 0.210. The fourth-order valence-corrected chi connectivity index (χ4v) is 3.89. The van der Waals surface area contributed by atoms with Gasteiger partial charge in [-0.1, -0.05) is 72.8 Å². The molecule has 0 amide bonds. The van der Waals surface area contributed by atoms with Crippen molar-refractivity contribution in [2.24, 2.45) is 0 Å². The third-order valence-corrected chi connectivity index (χ3v) is 5.85. The van der Waals surface area contributed by atoms with Gasteiger partial charge in [0.25, 0.3) is 0 Å². The molecule has 4 aromatic rings. The van der Waals surface area contributed by atoms with Gasteiger partial charge in [-0.2, -0.15) is 13.2 Å². The van der Waals surface area contributed by atoms with Crippen LogP contribution in [-0.4, -0.2) is 12.7 Å². The maximum absolute atomic E-state index is 13.3. The lowest BCUT2D eigenvalue weighted by molar-refractivity contribution is -0.137. The highest BCUT2D eigenvalue weighted by atomic mass is 19.4. The standard InChI is InChI=1S/C30H25F3O4/c31-30(32,33)24-13-7-12-23(14-24)29(28-20-36-28)37-27-16-25(34-18-21-8-3-1-4-9-21)15-26(17-27)35-19-22-10-5-2-6-11-22/h1-17,28-29H,18-20H2/t28-,29+/m0/s1. The van der Waals surface area contributed by atoms with E-state index in [4.69, 9.17) is 18.9 Å². The second-order valence-corrected chi connectivity index (χ2v) is 8.72. The van der Waals surface area contributed by atoms with Crippen LogP contribution in [0.2, 0.25) is 0 Å². The maximum Gasteiger partial charge on any atom is 0.416 e. The van der Waals surface area contributed by atoms with Gasteiger partial charge in [-0.3, -0.25) is 0 Å². The Bertz CT molecular complexity index is 1240. The molecular formula is C30H25F3O4. The number of halogens is 3. The van der Waals surface area contributed by atoms with Crippen molar-refractivity contribution in [1.29, 1.82) is 0 Å². The predicted molar refractivity (Wildman–Crippen MR) is 133 cm³/mol. The number of ether oxygens (including phenoxy) is 4. The minimum absolute atomic E-state index is 0.339. The van der Waals surface area contributed by atoms with E-state index in [1.165, 1.54) is 6.07 Å². The number of alkyl halides is 3. The van der Waals surface area contributed by atoms with Gasteiger partial charge in [0.1, 0.15) is 36.6 Å². The molecule has 1 aliphatic rings. The molecule has 1 aliphatic heterocycles. The van der Waals surface area contributed by atoms with E-state index in [-0.39, 0.29) is 6.10 Å². The van der Waals surface area contributed by atoms with E-state index in [0.717, 1.165) is 23.3 Å². The van der Waals surface area contributed by atoms with Gasteiger partial charge in [-0.25, -0.2) is 0 Å². The number of hydrogen-bond donors (Lipinski definition) is 0. The number of benzene rings is 4. The Balaban J connectivity index is 1.40. The summed E-state index contributed by atoms with van der Waals surface area (Å²) < 4.78 is 63.7. The Morgan fingerprint density at radius 2 is 1.24 bits per heavy atom. The highest BCUT2D eigenvalue weighted by Crippen LogP contribution is 2.38. The van der Waals surface area contributed by atoms with Crippen molar-refractivity contribution in [3.05, 3.63) is 125 Å². The van der Waals surface area contributed by atoms with E-state index < -0.39 is 17.8 Å². The van der Waals surface area contributed by atoms with Crippen LogP contribution in [0.5, 0.6) is 17.2 Å². The average Bonchev–Trinajstić information content (AvgIpc) is 3.76. The molecule has 0 radical (unpaired) electrons. The van der Waals surface area contributed by atoms with E-state index in [2.05, 4.69) is 0 Å². The highest BCUT2D eigenvalue weighted by molar-refractivity contribution is 5.43. The van der Waals surface area contributed by atoms with Crippen LogP contribution in [0.3, 0.4) is 0 Å². The molecule has 2 atom stereocenters. The SMILES string of the molecule is FC(F)(F)c1cccc([C@@H](Oc2cc(OCc3ccccc3)cc(OCc3ccccc3)c2)[C@@H]2CO2)c1. The molecule has 0 aromatic heterocycles. The zero-order chi connectivity index (χ0) is 25.7. The molecule has 5 rings (SSSR count). The number of epoxide rings is 1. The Labute approximate surface area is 213 Å². The minimum Gasteiger partial charge on any atom is -0.489 e. The van der Waals surface area contributed by atoms with Crippen LogP contribution >= 0.6 is 0 Å². The first-order valence-corrected chi connectivity index (χ1v) is 11.9. The van der Waals surface area contributed by atoms with Gasteiger partial charge in [0.15, 0.2) is 6.10 Å². The molecule has 37 heavy (non-hydrogen) atoms. The lowest BCUT2D eigenvalue weighted by atomic mass is 10.0. The van der Waals surface area contributed by atoms with Gasteiger partial charge in [0.2, 0.25) is 0 Å². The predicted octanol–water partition coefficient (Wildman–Crippen LogP) is 7.38. The van der Waals surface area contributed by atoms with Crippen molar-refractivity contribution in [2.75, 3.05) is 6.61 Å². The molecule has 0 bridgehead atoms. The Hall–Kier alpha value is -3.97.